The number of sulfone groups is 1. The van der Waals surface area contributed by atoms with Crippen molar-refractivity contribution in [3.05, 3.63) is 45.7 Å². The molecule has 0 unspecified atom stereocenters. The lowest BCUT2D eigenvalue weighted by molar-refractivity contribution is 0.304. The second kappa shape index (κ2) is 11.7. The number of hydrogen-bond donors (Lipinski definition) is 4. The molecule has 5 N–H and O–H groups in total. The van der Waals surface area contributed by atoms with E-state index in [0.717, 1.165) is 63.1 Å². The van der Waals surface area contributed by atoms with E-state index < -0.39 is 15.1 Å². The number of ether oxygens (including phenoxy) is 1. The van der Waals surface area contributed by atoms with E-state index in [1.54, 1.807) is 13.8 Å². The molecule has 2 aliphatic carbocycles. The number of aromatic nitrogens is 2. The lowest BCUT2D eigenvalue weighted by Gasteiger charge is -2.24. The number of hydrogen-bond acceptors (Lipinski definition) is 10. The Bertz CT molecular complexity index is 1370. The van der Waals surface area contributed by atoms with Crippen molar-refractivity contribution in [3.8, 4) is 5.75 Å². The van der Waals surface area contributed by atoms with Crippen LogP contribution < -0.4 is 26.4 Å². The molecule has 0 spiro atoms. The van der Waals surface area contributed by atoms with E-state index in [1.165, 1.54) is 18.0 Å². The van der Waals surface area contributed by atoms with Crippen LogP contribution in [0.1, 0.15) is 63.9 Å². The van der Waals surface area contributed by atoms with Gasteiger partial charge in [0.15, 0.2) is 20.7 Å². The highest BCUT2D eigenvalue weighted by Gasteiger charge is 2.27. The molecule has 1 aliphatic heterocycles. The van der Waals surface area contributed by atoms with Crippen LogP contribution in [0, 0.1) is 0 Å². The van der Waals surface area contributed by atoms with Gasteiger partial charge in [0.2, 0.25) is 5.95 Å². The van der Waals surface area contributed by atoms with E-state index in [2.05, 4.69) is 43.0 Å². The van der Waals surface area contributed by atoms with Crippen LogP contribution in [-0.2, 0) is 9.84 Å². The first-order valence-corrected chi connectivity index (χ1v) is 15.5. The van der Waals surface area contributed by atoms with Gasteiger partial charge in [0.05, 0.1) is 35.0 Å². The molecule has 1 aromatic carbocycles. The Morgan fingerprint density at radius 2 is 1.95 bits per heavy atom. The molecular weight excluding hydrogens is 538 g/mol. The Hall–Kier alpha value is -2.89. The van der Waals surface area contributed by atoms with Gasteiger partial charge in [0.25, 0.3) is 0 Å². The van der Waals surface area contributed by atoms with E-state index in [-0.39, 0.29) is 39.7 Å². The van der Waals surface area contributed by atoms with E-state index in [4.69, 9.17) is 22.1 Å². The number of nitrogens with one attached hydrogen (secondary N) is 3. The number of aliphatic imine (C=N–C) groups is 1. The summed E-state index contributed by atoms with van der Waals surface area (Å²) in [6.07, 6.45) is 9.34. The average molecular weight is 574 g/mol. The van der Waals surface area contributed by atoms with Gasteiger partial charge in [-0.15, -0.1) is 0 Å². The lowest BCUT2D eigenvalue weighted by atomic mass is 9.90. The van der Waals surface area contributed by atoms with Gasteiger partial charge >= 0.3 is 0 Å². The van der Waals surface area contributed by atoms with Crippen molar-refractivity contribution in [2.75, 3.05) is 23.7 Å². The lowest BCUT2D eigenvalue weighted by Crippen LogP contribution is -2.26. The van der Waals surface area contributed by atoms with Gasteiger partial charge in [-0.25, -0.2) is 13.4 Å². The highest BCUT2D eigenvalue weighted by atomic mass is 35.5. The maximum atomic E-state index is 12.8. The summed E-state index contributed by atoms with van der Waals surface area (Å²) >= 11 is 6.41. The largest absolute Gasteiger partial charge is 0.488 e. The molecule has 3 aliphatic rings. The monoisotopic (exact) mass is 573 g/mol. The van der Waals surface area contributed by atoms with Gasteiger partial charge in [-0.2, -0.15) is 4.98 Å². The summed E-state index contributed by atoms with van der Waals surface area (Å²) in [4.78, 5) is 13.3. The van der Waals surface area contributed by atoms with Crippen molar-refractivity contribution >= 4 is 45.1 Å². The maximum Gasteiger partial charge on any atom is 0.229 e. The number of nitrogens with two attached hydrogens (primary N) is 1. The predicted octanol–water partition coefficient (Wildman–Crippen LogP) is 4.48. The van der Waals surface area contributed by atoms with E-state index >= 15 is 0 Å². The van der Waals surface area contributed by atoms with Crippen LogP contribution in [-0.4, -0.2) is 55.1 Å². The highest BCUT2D eigenvalue weighted by Crippen LogP contribution is 2.37. The quantitative estimate of drug-likeness (QED) is 0.286. The first kappa shape index (κ1) is 27.7. The van der Waals surface area contributed by atoms with Crippen LogP contribution in [0.3, 0.4) is 0 Å². The fraction of sp³-hybridized carbons (Fsp3) is 0.519. The fourth-order valence-corrected chi connectivity index (χ4v) is 5.30. The number of benzene rings is 1. The molecule has 210 valence electrons. The van der Waals surface area contributed by atoms with Crippen molar-refractivity contribution in [1.82, 2.24) is 15.3 Å². The molecule has 0 amide bonds. The molecule has 39 heavy (non-hydrogen) atoms. The van der Waals surface area contributed by atoms with Crippen molar-refractivity contribution in [3.63, 3.8) is 0 Å². The third kappa shape index (κ3) is 7.01. The zero-order valence-electron chi connectivity index (χ0n) is 22.3. The van der Waals surface area contributed by atoms with Crippen LogP contribution in [0.15, 0.2) is 40.1 Å². The minimum Gasteiger partial charge on any atom is -0.488 e. The predicted molar refractivity (Wildman–Crippen MR) is 156 cm³/mol. The molecular formula is C27H36ClN7O3S. The summed E-state index contributed by atoms with van der Waals surface area (Å²) in [5, 5.41) is 8.88. The Balaban J connectivity index is 1.41. The van der Waals surface area contributed by atoms with Gasteiger partial charge in [0.1, 0.15) is 10.8 Å². The molecule has 1 aromatic heterocycles. The van der Waals surface area contributed by atoms with E-state index in [1.807, 2.05) is 6.07 Å². The zero-order valence-corrected chi connectivity index (χ0v) is 23.9. The number of anilines is 3. The molecule has 2 aromatic rings. The van der Waals surface area contributed by atoms with E-state index in [0.29, 0.717) is 5.92 Å². The number of piperidine rings is 1. The third-order valence-electron chi connectivity index (χ3n) is 7.03. The summed E-state index contributed by atoms with van der Waals surface area (Å²) in [7, 11) is -3.74. The number of halogens is 1. The molecule has 5 rings (SSSR count). The smallest absolute Gasteiger partial charge is 0.229 e. The third-order valence-corrected chi connectivity index (χ3v) is 9.38. The molecule has 0 atom stereocenters. The number of rotatable bonds is 11. The molecule has 12 heteroatoms. The van der Waals surface area contributed by atoms with Crippen molar-refractivity contribution in [2.45, 2.75) is 75.7 Å². The molecule has 10 nitrogen and oxygen atoms in total. The summed E-state index contributed by atoms with van der Waals surface area (Å²) in [6.45, 7) is 5.19. The molecule has 2 heterocycles. The molecule has 0 bridgehead atoms. The molecule has 1 saturated heterocycles. The van der Waals surface area contributed by atoms with Crippen LogP contribution in [0.25, 0.3) is 0 Å². The first-order chi connectivity index (χ1) is 18.7. The summed E-state index contributed by atoms with van der Waals surface area (Å²) < 4.78 is 31.9. The molecule has 0 radical (unpaired) electrons. The van der Waals surface area contributed by atoms with Crippen molar-refractivity contribution in [1.29, 1.82) is 0 Å². The summed E-state index contributed by atoms with van der Waals surface area (Å²) in [5.74, 6) is 1.76. The maximum absolute atomic E-state index is 12.8. The van der Waals surface area contributed by atoms with E-state index in [9.17, 15) is 8.42 Å². The second-order valence-corrected chi connectivity index (χ2v) is 13.5. The van der Waals surface area contributed by atoms with Gasteiger partial charge in [0, 0.05) is 6.21 Å². The molecule has 3 fully saturated rings. The Morgan fingerprint density at radius 3 is 2.62 bits per heavy atom. The van der Waals surface area contributed by atoms with Crippen molar-refractivity contribution in [2.24, 2.45) is 10.7 Å². The topological polar surface area (TPSA) is 144 Å². The van der Waals surface area contributed by atoms with Crippen LogP contribution in [0.5, 0.6) is 5.75 Å². The second-order valence-electron chi connectivity index (χ2n) is 10.6. The normalized spacial score (nSPS) is 19.3. The summed E-state index contributed by atoms with van der Waals surface area (Å²) in [6, 6.07) is 6.42. The minimum atomic E-state index is -3.74. The Kier molecular flexibility index (Phi) is 8.29. The van der Waals surface area contributed by atoms with Crippen molar-refractivity contribution < 1.29 is 13.2 Å². The van der Waals surface area contributed by atoms with Gasteiger partial charge in [-0.3, -0.25) is 4.99 Å². The number of nitrogens with zero attached hydrogens (tertiary/aromatic N) is 3. The highest BCUT2D eigenvalue weighted by molar-refractivity contribution is 7.95. The Labute approximate surface area is 234 Å². The molecule has 2 saturated carbocycles. The van der Waals surface area contributed by atoms with Gasteiger partial charge in [-0.05, 0) is 89.1 Å². The number of allylic oxidation sites excluding steroid dienone is 1. The standard InChI is InChI=1S/C27H36ClN7O3S/c1-16(2)39(36,37)25(29)23(15-31-19-4-5-19)33-26-21(28)14-32-27(35-26)34-22-8-3-18(17-9-11-30-12-10-17)13-24(22)38-20-6-7-20/h3,8,13-17,19-20,30H,4-7,9-12,29H2,1-2H3,(H2,32,33,34,35). The Morgan fingerprint density at radius 1 is 1.21 bits per heavy atom. The SMILES string of the molecule is CC(C)S(=O)(=O)C(N)=C(C=NC1CC1)Nc1nc(Nc2ccc(C3CCNCC3)cc2OC2CC2)ncc1Cl. The van der Waals surface area contributed by atoms with Gasteiger partial charge in [-0.1, -0.05) is 17.7 Å². The zero-order chi connectivity index (χ0) is 27.6. The fourth-order valence-electron chi connectivity index (χ4n) is 4.25. The minimum absolute atomic E-state index is 0.131. The average Bonchev–Trinajstić information content (AvgIpc) is 3.86. The summed E-state index contributed by atoms with van der Waals surface area (Å²) in [5.41, 5.74) is 8.27. The first-order valence-electron chi connectivity index (χ1n) is 13.6. The van der Waals surface area contributed by atoms with Crippen LogP contribution in [0.2, 0.25) is 5.02 Å². The van der Waals surface area contributed by atoms with Gasteiger partial charge < -0.3 is 26.4 Å². The van der Waals surface area contributed by atoms with Crippen LogP contribution in [0.4, 0.5) is 17.5 Å². The van der Waals surface area contributed by atoms with Crippen LogP contribution >= 0.6 is 11.6 Å².